The number of hydrogen-bond acceptors (Lipinski definition) is 4. The number of anilines is 1. The Morgan fingerprint density at radius 3 is 2.75 bits per heavy atom. The Labute approximate surface area is 119 Å². The van der Waals surface area contributed by atoms with Gasteiger partial charge in [-0.2, -0.15) is 0 Å². The first-order chi connectivity index (χ1) is 9.44. The van der Waals surface area contributed by atoms with Crippen molar-refractivity contribution in [1.29, 1.82) is 0 Å². The fraction of sp³-hybridized carbons (Fsp3) is 0.167. The van der Waals surface area contributed by atoms with E-state index in [1.54, 1.807) is 12.4 Å². The Morgan fingerprint density at radius 2 is 2.05 bits per heavy atom. The molecule has 108 valence electrons. The first-order valence-electron chi connectivity index (χ1n) is 5.63. The van der Waals surface area contributed by atoms with Gasteiger partial charge in [0.2, 0.25) is 0 Å². The summed E-state index contributed by atoms with van der Waals surface area (Å²) >= 11 is 1.02. The average Bonchev–Trinajstić information content (AvgIpc) is 2.85. The topological polar surface area (TPSA) is 58.2 Å². The van der Waals surface area contributed by atoms with E-state index in [1.807, 2.05) is 4.72 Å². The van der Waals surface area contributed by atoms with Gasteiger partial charge in [-0.15, -0.1) is 11.3 Å². The number of halogens is 2. The van der Waals surface area contributed by atoms with Crippen molar-refractivity contribution in [3.05, 3.63) is 46.8 Å². The van der Waals surface area contributed by atoms with Gasteiger partial charge >= 0.3 is 0 Å². The highest BCUT2D eigenvalue weighted by molar-refractivity contribution is 7.94. The van der Waals surface area contributed by atoms with Gasteiger partial charge in [-0.1, -0.05) is 6.07 Å². The van der Waals surface area contributed by atoms with Gasteiger partial charge in [-0.25, -0.2) is 17.2 Å². The second-order valence-corrected chi connectivity index (χ2v) is 6.83. The van der Waals surface area contributed by atoms with Crippen LogP contribution in [-0.2, 0) is 16.6 Å². The highest BCUT2D eigenvalue weighted by Crippen LogP contribution is 2.25. The summed E-state index contributed by atoms with van der Waals surface area (Å²) in [5.74, 6) is -2.32. The highest BCUT2D eigenvalue weighted by Gasteiger charge is 2.19. The highest BCUT2D eigenvalue weighted by atomic mass is 32.2. The van der Waals surface area contributed by atoms with E-state index in [0.29, 0.717) is 6.54 Å². The van der Waals surface area contributed by atoms with Crippen molar-refractivity contribution < 1.29 is 17.2 Å². The molecular formula is C12H12F2N2O2S2. The fourth-order valence-electron chi connectivity index (χ4n) is 1.57. The summed E-state index contributed by atoms with van der Waals surface area (Å²) in [5, 5.41) is 4.58. The molecule has 2 rings (SSSR count). The molecule has 0 spiro atoms. The molecule has 0 atom stereocenters. The monoisotopic (exact) mass is 318 g/mol. The Balaban J connectivity index is 2.28. The summed E-state index contributed by atoms with van der Waals surface area (Å²) in [5.41, 5.74) is 0.395. The van der Waals surface area contributed by atoms with Crippen LogP contribution in [-0.4, -0.2) is 15.5 Å². The van der Waals surface area contributed by atoms with Gasteiger partial charge in [0.25, 0.3) is 10.0 Å². The van der Waals surface area contributed by atoms with Crippen LogP contribution in [0.3, 0.4) is 0 Å². The molecule has 1 heterocycles. The van der Waals surface area contributed by atoms with Crippen LogP contribution in [0, 0.1) is 11.6 Å². The summed E-state index contributed by atoms with van der Waals surface area (Å²) in [4.78, 5) is 0. The Kier molecular flexibility index (Phi) is 4.36. The van der Waals surface area contributed by atoms with Crippen LogP contribution in [0.1, 0.15) is 5.56 Å². The molecule has 20 heavy (non-hydrogen) atoms. The second kappa shape index (κ2) is 5.86. The van der Waals surface area contributed by atoms with Gasteiger partial charge in [-0.3, -0.25) is 4.72 Å². The lowest BCUT2D eigenvalue weighted by atomic mass is 10.3. The molecule has 0 unspecified atom stereocenters. The minimum Gasteiger partial charge on any atom is -0.316 e. The number of nitrogens with one attached hydrogen (secondary N) is 2. The molecular weight excluding hydrogens is 306 g/mol. The SMILES string of the molecule is CNCc1csc(S(=O)(=O)Nc2cccc(F)c2F)c1. The molecule has 0 amide bonds. The van der Waals surface area contributed by atoms with E-state index < -0.39 is 27.3 Å². The molecule has 4 nitrogen and oxygen atoms in total. The van der Waals surface area contributed by atoms with Crippen LogP contribution < -0.4 is 10.0 Å². The van der Waals surface area contributed by atoms with E-state index >= 15 is 0 Å². The second-order valence-electron chi connectivity index (χ2n) is 4.01. The van der Waals surface area contributed by atoms with E-state index in [9.17, 15) is 17.2 Å². The zero-order valence-corrected chi connectivity index (χ0v) is 12.1. The number of rotatable bonds is 5. The number of hydrogen-bond donors (Lipinski definition) is 2. The van der Waals surface area contributed by atoms with Crippen molar-refractivity contribution in [1.82, 2.24) is 5.32 Å². The standard InChI is InChI=1S/C12H12F2N2O2S2/c1-15-6-8-5-11(19-7-8)20(17,18)16-10-4-2-3-9(13)12(10)14/h2-5,7,15-16H,6H2,1H3. The maximum absolute atomic E-state index is 13.5. The van der Waals surface area contributed by atoms with Crippen molar-refractivity contribution in [2.24, 2.45) is 0 Å². The molecule has 0 aliphatic rings. The maximum Gasteiger partial charge on any atom is 0.271 e. The van der Waals surface area contributed by atoms with Gasteiger partial charge in [-0.05, 0) is 36.2 Å². The van der Waals surface area contributed by atoms with Gasteiger partial charge in [0.15, 0.2) is 11.6 Å². The lowest BCUT2D eigenvalue weighted by Gasteiger charge is -2.07. The van der Waals surface area contributed by atoms with Crippen LogP contribution in [0.2, 0.25) is 0 Å². The van der Waals surface area contributed by atoms with Crippen LogP contribution in [0.5, 0.6) is 0 Å². The molecule has 0 saturated heterocycles. The quantitative estimate of drug-likeness (QED) is 0.891. The zero-order valence-electron chi connectivity index (χ0n) is 10.5. The molecule has 0 aliphatic carbocycles. The molecule has 0 radical (unpaired) electrons. The van der Waals surface area contributed by atoms with Crippen molar-refractivity contribution in [2.45, 2.75) is 10.8 Å². The van der Waals surface area contributed by atoms with Crippen LogP contribution >= 0.6 is 11.3 Å². The predicted octanol–water partition coefficient (Wildman–Crippen LogP) is 2.55. The molecule has 2 aromatic rings. The van der Waals surface area contributed by atoms with E-state index in [1.165, 1.54) is 12.1 Å². The van der Waals surface area contributed by atoms with Gasteiger partial charge < -0.3 is 5.32 Å². The minimum absolute atomic E-state index is 0.0476. The van der Waals surface area contributed by atoms with Crippen LogP contribution in [0.4, 0.5) is 14.5 Å². The Morgan fingerprint density at radius 1 is 1.30 bits per heavy atom. The van der Waals surface area contributed by atoms with E-state index in [2.05, 4.69) is 5.32 Å². The molecule has 0 bridgehead atoms. The summed E-state index contributed by atoms with van der Waals surface area (Å²) in [7, 11) is -2.17. The van der Waals surface area contributed by atoms with Crippen molar-refractivity contribution in [2.75, 3.05) is 11.8 Å². The van der Waals surface area contributed by atoms with E-state index in [4.69, 9.17) is 0 Å². The summed E-state index contributed by atoms with van der Waals surface area (Å²) in [6.07, 6.45) is 0. The van der Waals surface area contributed by atoms with Gasteiger partial charge in [0.05, 0.1) is 5.69 Å². The molecule has 1 aromatic carbocycles. The first-order valence-corrected chi connectivity index (χ1v) is 7.99. The number of thiophene rings is 1. The number of sulfonamides is 1. The third kappa shape index (κ3) is 3.14. The van der Waals surface area contributed by atoms with Gasteiger partial charge in [0.1, 0.15) is 4.21 Å². The molecule has 2 N–H and O–H groups in total. The third-order valence-corrected chi connectivity index (χ3v) is 5.33. The smallest absolute Gasteiger partial charge is 0.271 e. The van der Waals surface area contributed by atoms with Crippen LogP contribution in [0.25, 0.3) is 0 Å². The average molecular weight is 318 g/mol. The largest absolute Gasteiger partial charge is 0.316 e. The lowest BCUT2D eigenvalue weighted by Crippen LogP contribution is -2.13. The molecule has 1 aromatic heterocycles. The maximum atomic E-state index is 13.5. The molecule has 0 saturated carbocycles. The Bertz CT molecular complexity index is 714. The van der Waals surface area contributed by atoms with E-state index in [-0.39, 0.29) is 4.21 Å². The predicted molar refractivity (Wildman–Crippen MR) is 74.2 cm³/mol. The van der Waals surface area contributed by atoms with Crippen LogP contribution in [0.15, 0.2) is 33.9 Å². The van der Waals surface area contributed by atoms with Gasteiger partial charge in [0, 0.05) is 6.54 Å². The normalized spacial score (nSPS) is 11.6. The van der Waals surface area contributed by atoms with E-state index in [0.717, 1.165) is 29.0 Å². The molecule has 0 fully saturated rings. The van der Waals surface area contributed by atoms with Crippen molar-refractivity contribution >= 4 is 27.0 Å². The fourth-order valence-corrected chi connectivity index (χ4v) is 3.84. The van der Waals surface area contributed by atoms with Crippen molar-refractivity contribution in [3.8, 4) is 0 Å². The first kappa shape index (κ1) is 14.9. The van der Waals surface area contributed by atoms with Crippen molar-refractivity contribution in [3.63, 3.8) is 0 Å². The Hall–Kier alpha value is -1.51. The molecule has 0 aliphatic heterocycles. The number of benzene rings is 1. The lowest BCUT2D eigenvalue weighted by molar-refractivity contribution is 0.511. The zero-order chi connectivity index (χ0) is 14.8. The summed E-state index contributed by atoms with van der Waals surface area (Å²) in [6.45, 7) is 0.528. The summed E-state index contributed by atoms with van der Waals surface area (Å²) in [6, 6.07) is 4.80. The third-order valence-electron chi connectivity index (χ3n) is 2.47. The molecule has 8 heteroatoms. The minimum atomic E-state index is -3.92. The summed E-state index contributed by atoms with van der Waals surface area (Å²) < 4.78 is 52.7.